The third-order valence-electron chi connectivity index (χ3n) is 4.05. The number of nitrogens with one attached hydrogen (secondary N) is 1. The van der Waals surface area contributed by atoms with E-state index in [2.05, 4.69) is 21.3 Å². The summed E-state index contributed by atoms with van der Waals surface area (Å²) in [6.07, 6.45) is 9.05. The Bertz CT molecular complexity index is 352. The van der Waals surface area contributed by atoms with Crippen LogP contribution in [-0.2, 0) is 6.42 Å². The molecule has 0 spiro atoms. The van der Waals surface area contributed by atoms with Crippen LogP contribution in [0, 0.1) is 0 Å². The van der Waals surface area contributed by atoms with Crippen molar-refractivity contribution >= 4 is 0 Å². The number of hydrogen-bond acceptors (Lipinski definition) is 3. The molecule has 2 atom stereocenters. The Kier molecular flexibility index (Phi) is 3.39. The summed E-state index contributed by atoms with van der Waals surface area (Å²) in [6.45, 7) is 3.67. The second-order valence-corrected chi connectivity index (χ2v) is 5.34. The highest BCUT2D eigenvalue weighted by Gasteiger charge is 2.28. The molecule has 0 aromatic carbocycles. The van der Waals surface area contributed by atoms with E-state index >= 15 is 0 Å². The molecule has 0 amide bonds. The minimum atomic E-state index is 0.747. The molecule has 92 valence electrons. The van der Waals surface area contributed by atoms with Crippen LogP contribution in [0.25, 0.3) is 0 Å². The third kappa shape index (κ3) is 2.85. The van der Waals surface area contributed by atoms with E-state index in [1.807, 2.05) is 18.5 Å². The van der Waals surface area contributed by atoms with E-state index in [1.165, 1.54) is 44.5 Å². The normalized spacial score (nSPS) is 29.2. The van der Waals surface area contributed by atoms with Crippen LogP contribution in [0.2, 0.25) is 0 Å². The molecular weight excluding hydrogens is 210 g/mol. The van der Waals surface area contributed by atoms with E-state index < -0.39 is 0 Å². The van der Waals surface area contributed by atoms with Crippen molar-refractivity contribution in [2.75, 3.05) is 19.6 Å². The van der Waals surface area contributed by atoms with Gasteiger partial charge >= 0.3 is 0 Å². The van der Waals surface area contributed by atoms with E-state index in [4.69, 9.17) is 0 Å². The van der Waals surface area contributed by atoms with Gasteiger partial charge in [0.1, 0.15) is 0 Å². The van der Waals surface area contributed by atoms with Crippen LogP contribution >= 0.6 is 0 Å². The van der Waals surface area contributed by atoms with E-state index in [0.29, 0.717) is 0 Å². The van der Waals surface area contributed by atoms with Crippen molar-refractivity contribution in [3.05, 3.63) is 30.1 Å². The zero-order valence-electron chi connectivity index (χ0n) is 10.3. The van der Waals surface area contributed by atoms with Gasteiger partial charge in [0.25, 0.3) is 0 Å². The topological polar surface area (TPSA) is 28.2 Å². The first-order valence-electron chi connectivity index (χ1n) is 6.77. The summed E-state index contributed by atoms with van der Waals surface area (Å²) in [5.41, 5.74) is 1.36. The highest BCUT2D eigenvalue weighted by atomic mass is 15.2. The molecule has 3 rings (SSSR count). The molecule has 17 heavy (non-hydrogen) atoms. The van der Waals surface area contributed by atoms with Crippen molar-refractivity contribution in [1.82, 2.24) is 15.2 Å². The van der Waals surface area contributed by atoms with Crippen LogP contribution in [0.15, 0.2) is 24.5 Å². The van der Waals surface area contributed by atoms with Crippen LogP contribution in [0.3, 0.4) is 0 Å². The lowest BCUT2D eigenvalue weighted by Crippen LogP contribution is -2.36. The van der Waals surface area contributed by atoms with Gasteiger partial charge in [-0.1, -0.05) is 6.07 Å². The standard InChI is InChI=1S/C14H21N3/c1-2-12(10-15-7-1)5-8-17-9-6-13-3-4-14(11-17)16-13/h1-2,7,10,13-14,16H,3-6,8-9,11H2. The highest BCUT2D eigenvalue weighted by molar-refractivity contribution is 5.08. The molecule has 1 N–H and O–H groups in total. The van der Waals surface area contributed by atoms with Gasteiger partial charge in [0.2, 0.25) is 0 Å². The SMILES string of the molecule is c1cncc(CCN2CCC3CCC(C2)N3)c1. The molecule has 2 bridgehead atoms. The van der Waals surface area contributed by atoms with Crippen molar-refractivity contribution in [3.63, 3.8) is 0 Å². The Morgan fingerprint density at radius 3 is 3.12 bits per heavy atom. The zero-order chi connectivity index (χ0) is 11.5. The fourth-order valence-electron chi connectivity index (χ4n) is 3.05. The van der Waals surface area contributed by atoms with Crippen LogP contribution in [0.1, 0.15) is 24.8 Å². The minimum Gasteiger partial charge on any atom is -0.310 e. The van der Waals surface area contributed by atoms with Gasteiger partial charge < -0.3 is 10.2 Å². The molecule has 0 aliphatic carbocycles. The molecule has 2 unspecified atom stereocenters. The lowest BCUT2D eigenvalue weighted by Gasteiger charge is -2.23. The molecule has 3 heteroatoms. The molecule has 1 aromatic rings. The minimum absolute atomic E-state index is 0.747. The molecule has 2 saturated heterocycles. The van der Waals surface area contributed by atoms with Gasteiger partial charge in [0.15, 0.2) is 0 Å². The molecule has 3 heterocycles. The van der Waals surface area contributed by atoms with Crippen molar-refractivity contribution in [1.29, 1.82) is 0 Å². The van der Waals surface area contributed by atoms with Crippen molar-refractivity contribution in [3.8, 4) is 0 Å². The van der Waals surface area contributed by atoms with Crippen LogP contribution < -0.4 is 5.32 Å². The summed E-state index contributed by atoms with van der Waals surface area (Å²) >= 11 is 0. The first-order chi connectivity index (χ1) is 8.40. The lowest BCUT2D eigenvalue weighted by atomic mass is 10.1. The molecule has 3 nitrogen and oxygen atoms in total. The first kappa shape index (κ1) is 11.2. The summed E-state index contributed by atoms with van der Waals surface area (Å²) < 4.78 is 0. The fraction of sp³-hybridized carbons (Fsp3) is 0.643. The number of rotatable bonds is 3. The highest BCUT2D eigenvalue weighted by Crippen LogP contribution is 2.20. The molecular formula is C14H21N3. The van der Waals surface area contributed by atoms with Crippen molar-refractivity contribution < 1.29 is 0 Å². The van der Waals surface area contributed by atoms with Gasteiger partial charge in [0, 0.05) is 37.6 Å². The maximum absolute atomic E-state index is 4.17. The van der Waals surface area contributed by atoms with Gasteiger partial charge in [-0.05, 0) is 43.9 Å². The van der Waals surface area contributed by atoms with Crippen molar-refractivity contribution in [2.45, 2.75) is 37.8 Å². The average molecular weight is 231 g/mol. The monoisotopic (exact) mass is 231 g/mol. The number of likely N-dealkylation sites (tertiary alicyclic amines) is 1. The first-order valence-corrected chi connectivity index (χ1v) is 6.77. The molecule has 0 saturated carbocycles. The number of aromatic nitrogens is 1. The third-order valence-corrected chi connectivity index (χ3v) is 4.05. The van der Waals surface area contributed by atoms with E-state index in [9.17, 15) is 0 Å². The summed E-state index contributed by atoms with van der Waals surface area (Å²) in [4.78, 5) is 6.79. The number of pyridine rings is 1. The summed E-state index contributed by atoms with van der Waals surface area (Å²) in [6, 6.07) is 5.75. The second-order valence-electron chi connectivity index (χ2n) is 5.34. The Morgan fingerprint density at radius 1 is 1.29 bits per heavy atom. The van der Waals surface area contributed by atoms with E-state index in [0.717, 1.165) is 18.5 Å². The zero-order valence-corrected chi connectivity index (χ0v) is 10.3. The Labute approximate surface area is 103 Å². The molecule has 2 fully saturated rings. The number of nitrogens with zero attached hydrogens (tertiary/aromatic N) is 2. The molecule has 2 aliphatic heterocycles. The second kappa shape index (κ2) is 5.15. The van der Waals surface area contributed by atoms with Crippen LogP contribution in [-0.4, -0.2) is 41.6 Å². The van der Waals surface area contributed by atoms with Gasteiger partial charge in [-0.2, -0.15) is 0 Å². The molecule has 0 radical (unpaired) electrons. The van der Waals surface area contributed by atoms with Crippen LogP contribution in [0.5, 0.6) is 0 Å². The molecule has 1 aromatic heterocycles. The van der Waals surface area contributed by atoms with E-state index in [-0.39, 0.29) is 0 Å². The van der Waals surface area contributed by atoms with E-state index in [1.54, 1.807) is 0 Å². The smallest absolute Gasteiger partial charge is 0.0300 e. The summed E-state index contributed by atoms with van der Waals surface area (Å²) in [5.74, 6) is 0. The maximum Gasteiger partial charge on any atom is 0.0300 e. The Morgan fingerprint density at radius 2 is 2.24 bits per heavy atom. The lowest BCUT2D eigenvalue weighted by molar-refractivity contribution is 0.262. The average Bonchev–Trinajstić information content (AvgIpc) is 2.70. The summed E-state index contributed by atoms with van der Waals surface area (Å²) in [5, 5.41) is 3.73. The molecule has 2 aliphatic rings. The summed E-state index contributed by atoms with van der Waals surface area (Å²) in [7, 11) is 0. The number of fused-ring (bicyclic) bond motifs is 2. The van der Waals surface area contributed by atoms with Crippen LogP contribution in [0.4, 0.5) is 0 Å². The predicted molar refractivity (Wildman–Crippen MR) is 68.9 cm³/mol. The quantitative estimate of drug-likeness (QED) is 0.853. The van der Waals surface area contributed by atoms with Gasteiger partial charge in [-0.3, -0.25) is 4.98 Å². The van der Waals surface area contributed by atoms with Crippen molar-refractivity contribution in [2.24, 2.45) is 0 Å². The fourth-order valence-corrected chi connectivity index (χ4v) is 3.05. The van der Waals surface area contributed by atoms with Gasteiger partial charge in [-0.15, -0.1) is 0 Å². The Balaban J connectivity index is 1.52. The largest absolute Gasteiger partial charge is 0.310 e. The maximum atomic E-state index is 4.17. The van der Waals surface area contributed by atoms with Gasteiger partial charge in [0.05, 0.1) is 0 Å². The Hall–Kier alpha value is -0.930. The predicted octanol–water partition coefficient (Wildman–Crippen LogP) is 1.45. The number of hydrogen-bond donors (Lipinski definition) is 1. The van der Waals surface area contributed by atoms with Gasteiger partial charge in [-0.25, -0.2) is 0 Å².